The summed E-state index contributed by atoms with van der Waals surface area (Å²) >= 11 is 3.35. The second kappa shape index (κ2) is 7.40. The Morgan fingerprint density at radius 2 is 1.83 bits per heavy atom. The summed E-state index contributed by atoms with van der Waals surface area (Å²) in [7, 11) is 0. The van der Waals surface area contributed by atoms with E-state index in [9.17, 15) is 4.79 Å². The standard InChI is InChI=1S/C18H15BrN2O3/c1-12-2-6-14(7-3-12)18-20-16(24-21-18)11-23-17(22)10-13-4-8-15(19)9-5-13/h2-9H,10-11H2,1H3. The van der Waals surface area contributed by atoms with Crippen LogP contribution >= 0.6 is 15.9 Å². The van der Waals surface area contributed by atoms with Gasteiger partial charge in [0.1, 0.15) is 0 Å². The predicted octanol–water partition coefficient (Wildman–Crippen LogP) is 4.09. The minimum absolute atomic E-state index is 0.0335. The van der Waals surface area contributed by atoms with Crippen LogP contribution in [0.15, 0.2) is 57.5 Å². The molecule has 3 aromatic rings. The highest BCUT2D eigenvalue weighted by Gasteiger charge is 2.11. The fourth-order valence-corrected chi connectivity index (χ4v) is 2.36. The van der Waals surface area contributed by atoms with E-state index in [1.807, 2.05) is 55.5 Å². The van der Waals surface area contributed by atoms with E-state index in [4.69, 9.17) is 9.26 Å². The van der Waals surface area contributed by atoms with Crippen LogP contribution in [0.4, 0.5) is 0 Å². The number of benzene rings is 2. The molecular weight excluding hydrogens is 372 g/mol. The van der Waals surface area contributed by atoms with E-state index in [0.29, 0.717) is 5.82 Å². The summed E-state index contributed by atoms with van der Waals surface area (Å²) in [5.74, 6) is 0.413. The van der Waals surface area contributed by atoms with E-state index in [0.717, 1.165) is 21.2 Å². The molecule has 24 heavy (non-hydrogen) atoms. The fraction of sp³-hybridized carbons (Fsp3) is 0.167. The van der Waals surface area contributed by atoms with Crippen LogP contribution in [0.2, 0.25) is 0 Å². The van der Waals surface area contributed by atoms with Gasteiger partial charge in [0.05, 0.1) is 6.42 Å². The zero-order chi connectivity index (χ0) is 16.9. The molecule has 0 atom stereocenters. The summed E-state index contributed by atoms with van der Waals surface area (Å²) in [5, 5.41) is 3.91. The lowest BCUT2D eigenvalue weighted by Crippen LogP contribution is -2.08. The first-order valence-corrected chi connectivity index (χ1v) is 8.19. The number of hydrogen-bond donors (Lipinski definition) is 0. The van der Waals surface area contributed by atoms with Gasteiger partial charge in [-0.3, -0.25) is 4.79 Å². The third-order valence-corrected chi connectivity index (χ3v) is 3.92. The summed E-state index contributed by atoms with van der Waals surface area (Å²) in [6, 6.07) is 15.3. The Hall–Kier alpha value is -2.47. The number of carbonyl (C=O) groups excluding carboxylic acids is 1. The topological polar surface area (TPSA) is 65.2 Å². The van der Waals surface area contributed by atoms with Gasteiger partial charge >= 0.3 is 5.97 Å². The Balaban J connectivity index is 1.56. The monoisotopic (exact) mass is 386 g/mol. The molecule has 1 aromatic heterocycles. The molecule has 0 saturated heterocycles. The number of aryl methyl sites for hydroxylation is 1. The summed E-state index contributed by atoms with van der Waals surface area (Å²) in [4.78, 5) is 16.1. The summed E-state index contributed by atoms with van der Waals surface area (Å²) in [6.07, 6.45) is 0.201. The van der Waals surface area contributed by atoms with Crippen molar-refractivity contribution in [3.63, 3.8) is 0 Å². The van der Waals surface area contributed by atoms with Gasteiger partial charge in [0.15, 0.2) is 6.61 Å². The molecular formula is C18H15BrN2O3. The maximum atomic E-state index is 11.9. The molecule has 0 aliphatic heterocycles. The van der Waals surface area contributed by atoms with Crippen LogP contribution in [0, 0.1) is 6.92 Å². The normalized spacial score (nSPS) is 10.6. The van der Waals surface area contributed by atoms with Crippen molar-refractivity contribution in [1.82, 2.24) is 10.1 Å². The first-order valence-electron chi connectivity index (χ1n) is 7.40. The number of halogens is 1. The van der Waals surface area contributed by atoms with E-state index < -0.39 is 0 Å². The van der Waals surface area contributed by atoms with Crippen LogP contribution in [0.5, 0.6) is 0 Å². The Morgan fingerprint density at radius 1 is 1.12 bits per heavy atom. The average molecular weight is 387 g/mol. The number of esters is 1. The average Bonchev–Trinajstić information content (AvgIpc) is 3.05. The van der Waals surface area contributed by atoms with Gasteiger partial charge in [-0.1, -0.05) is 63.0 Å². The van der Waals surface area contributed by atoms with Crippen LogP contribution in [0.3, 0.4) is 0 Å². The molecule has 5 nitrogen and oxygen atoms in total. The molecule has 0 saturated carbocycles. The van der Waals surface area contributed by atoms with Crippen molar-refractivity contribution in [1.29, 1.82) is 0 Å². The largest absolute Gasteiger partial charge is 0.455 e. The van der Waals surface area contributed by atoms with Crippen molar-refractivity contribution >= 4 is 21.9 Å². The molecule has 0 aliphatic rings. The molecule has 0 radical (unpaired) electrons. The van der Waals surface area contributed by atoms with Gasteiger partial charge in [-0.05, 0) is 24.6 Å². The van der Waals surface area contributed by atoms with Gasteiger partial charge in [0, 0.05) is 10.0 Å². The lowest BCUT2D eigenvalue weighted by Gasteiger charge is -2.02. The van der Waals surface area contributed by atoms with Gasteiger partial charge < -0.3 is 9.26 Å². The first-order chi connectivity index (χ1) is 11.6. The maximum Gasteiger partial charge on any atom is 0.310 e. The Morgan fingerprint density at radius 3 is 2.54 bits per heavy atom. The zero-order valence-electron chi connectivity index (χ0n) is 13.0. The second-order valence-corrected chi connectivity index (χ2v) is 6.26. The van der Waals surface area contributed by atoms with Crippen LogP contribution in [0.25, 0.3) is 11.4 Å². The molecule has 0 amide bonds. The quantitative estimate of drug-likeness (QED) is 0.617. The van der Waals surface area contributed by atoms with Crippen LogP contribution in [-0.2, 0) is 22.6 Å². The molecule has 1 heterocycles. The Bertz CT molecular complexity index is 826. The molecule has 0 N–H and O–H groups in total. The van der Waals surface area contributed by atoms with Crippen LogP contribution in [-0.4, -0.2) is 16.1 Å². The van der Waals surface area contributed by atoms with Gasteiger partial charge in [-0.2, -0.15) is 4.98 Å². The Kier molecular flexibility index (Phi) is 5.05. The number of rotatable bonds is 5. The number of ether oxygens (including phenoxy) is 1. The Labute approximate surface area is 147 Å². The van der Waals surface area contributed by atoms with Gasteiger partial charge in [0.2, 0.25) is 5.82 Å². The summed E-state index contributed by atoms with van der Waals surface area (Å²) in [6.45, 7) is 1.98. The zero-order valence-corrected chi connectivity index (χ0v) is 14.6. The molecule has 6 heteroatoms. The number of aromatic nitrogens is 2. The summed E-state index contributed by atoms with van der Waals surface area (Å²) < 4.78 is 11.3. The number of carbonyl (C=O) groups is 1. The maximum absolute atomic E-state index is 11.9. The SMILES string of the molecule is Cc1ccc(-c2noc(COC(=O)Cc3ccc(Br)cc3)n2)cc1. The molecule has 0 bridgehead atoms. The van der Waals surface area contributed by atoms with Crippen molar-refractivity contribution in [2.45, 2.75) is 20.0 Å². The lowest BCUT2D eigenvalue weighted by atomic mass is 10.1. The van der Waals surface area contributed by atoms with E-state index in [1.165, 1.54) is 0 Å². The van der Waals surface area contributed by atoms with Gasteiger partial charge in [-0.15, -0.1) is 0 Å². The predicted molar refractivity (Wildman–Crippen MR) is 92.1 cm³/mol. The van der Waals surface area contributed by atoms with Crippen LogP contribution in [0.1, 0.15) is 17.0 Å². The molecule has 0 aliphatic carbocycles. The van der Waals surface area contributed by atoms with Crippen molar-refractivity contribution in [2.24, 2.45) is 0 Å². The minimum atomic E-state index is -0.340. The van der Waals surface area contributed by atoms with E-state index in [2.05, 4.69) is 26.1 Å². The number of nitrogens with zero attached hydrogens (tertiary/aromatic N) is 2. The highest BCUT2D eigenvalue weighted by Crippen LogP contribution is 2.17. The third-order valence-electron chi connectivity index (χ3n) is 3.40. The molecule has 122 valence electrons. The highest BCUT2D eigenvalue weighted by atomic mass is 79.9. The molecule has 2 aromatic carbocycles. The smallest absolute Gasteiger partial charge is 0.310 e. The second-order valence-electron chi connectivity index (χ2n) is 5.34. The first kappa shape index (κ1) is 16.4. The van der Waals surface area contributed by atoms with Crippen molar-refractivity contribution in [2.75, 3.05) is 0 Å². The lowest BCUT2D eigenvalue weighted by molar-refractivity contribution is -0.144. The summed E-state index contributed by atoms with van der Waals surface area (Å²) in [5.41, 5.74) is 2.90. The van der Waals surface area contributed by atoms with Crippen molar-refractivity contribution < 1.29 is 14.1 Å². The van der Waals surface area contributed by atoms with Crippen LogP contribution < -0.4 is 0 Å². The molecule has 0 spiro atoms. The molecule has 0 unspecified atom stereocenters. The van der Waals surface area contributed by atoms with Crippen molar-refractivity contribution in [3.8, 4) is 11.4 Å². The molecule has 3 rings (SSSR count). The third kappa shape index (κ3) is 4.29. The van der Waals surface area contributed by atoms with Gasteiger partial charge in [-0.25, -0.2) is 0 Å². The highest BCUT2D eigenvalue weighted by molar-refractivity contribution is 9.10. The van der Waals surface area contributed by atoms with E-state index >= 15 is 0 Å². The van der Waals surface area contributed by atoms with Gasteiger partial charge in [0.25, 0.3) is 5.89 Å². The van der Waals surface area contributed by atoms with E-state index in [1.54, 1.807) is 0 Å². The van der Waals surface area contributed by atoms with E-state index in [-0.39, 0.29) is 24.9 Å². The number of hydrogen-bond acceptors (Lipinski definition) is 5. The van der Waals surface area contributed by atoms with Crippen molar-refractivity contribution in [3.05, 3.63) is 70.0 Å². The minimum Gasteiger partial charge on any atom is -0.455 e. The fourth-order valence-electron chi connectivity index (χ4n) is 2.10. The molecule has 0 fully saturated rings.